The van der Waals surface area contributed by atoms with Crippen molar-refractivity contribution in [2.24, 2.45) is 0 Å². The largest absolute Gasteiger partial charge is 0.394 e. The Bertz CT molecular complexity index is 748. The molecule has 1 fully saturated rings. The van der Waals surface area contributed by atoms with Crippen molar-refractivity contribution >= 4 is 22.9 Å². The number of hydrogen-bond donors (Lipinski definition) is 4. The first-order chi connectivity index (χ1) is 11.0. The number of alkyl halides is 1. The van der Waals surface area contributed by atoms with Crippen LogP contribution in [0.25, 0.3) is 17.1 Å². The molecule has 1 aliphatic rings. The Morgan fingerprint density at radius 2 is 2.30 bits per heavy atom. The first kappa shape index (κ1) is 15.8. The topological polar surface area (TPSA) is 113 Å². The van der Waals surface area contributed by atoms with Crippen molar-refractivity contribution in [3.05, 3.63) is 24.7 Å². The number of hydrogen-bond acceptors (Lipinski definition) is 7. The standard InChI is InChI=1S/C14H17FN4O4/c1-3-7-4-19(12-9(7)11(18-22)16-6-17-12)13-14(2,15)10(21)8(5-20)23-13/h3-4,6,8,10,13,20-22H,1,5H2,2H3,(H,16,17,18)/t8?,10?,13-,14-/m1/s1. The van der Waals surface area contributed by atoms with E-state index >= 15 is 0 Å². The van der Waals surface area contributed by atoms with Crippen LogP contribution in [0.4, 0.5) is 10.2 Å². The molecule has 124 valence electrons. The second kappa shape index (κ2) is 5.53. The van der Waals surface area contributed by atoms with Crippen LogP contribution in [-0.4, -0.2) is 54.4 Å². The van der Waals surface area contributed by atoms with E-state index in [9.17, 15) is 19.8 Å². The van der Waals surface area contributed by atoms with Gasteiger partial charge in [0.1, 0.15) is 24.2 Å². The van der Waals surface area contributed by atoms with Crippen LogP contribution in [0.3, 0.4) is 0 Å². The van der Waals surface area contributed by atoms with Gasteiger partial charge < -0.3 is 19.5 Å². The number of halogens is 1. The molecule has 4 atom stereocenters. The monoisotopic (exact) mass is 324 g/mol. The third-order valence-corrected chi connectivity index (χ3v) is 4.11. The van der Waals surface area contributed by atoms with E-state index in [1.165, 1.54) is 23.9 Å². The van der Waals surface area contributed by atoms with Crippen LogP contribution >= 0.6 is 0 Å². The van der Waals surface area contributed by atoms with Crippen LogP contribution in [0.5, 0.6) is 0 Å². The lowest BCUT2D eigenvalue weighted by Gasteiger charge is -2.25. The highest BCUT2D eigenvalue weighted by Crippen LogP contribution is 2.43. The minimum absolute atomic E-state index is 0.140. The normalized spacial score (nSPS) is 30.7. The predicted octanol–water partition coefficient (Wildman–Crippen LogP) is 0.854. The molecule has 2 aromatic rings. The third kappa shape index (κ3) is 2.20. The Morgan fingerprint density at radius 1 is 1.57 bits per heavy atom. The Labute approximate surface area is 130 Å². The van der Waals surface area contributed by atoms with Crippen LogP contribution in [0, 0.1) is 0 Å². The second-order valence-electron chi connectivity index (χ2n) is 5.53. The van der Waals surface area contributed by atoms with Crippen molar-refractivity contribution in [2.45, 2.75) is 31.0 Å². The number of aliphatic hydroxyl groups is 2. The zero-order valence-electron chi connectivity index (χ0n) is 12.3. The molecule has 0 radical (unpaired) electrons. The number of ether oxygens (including phenoxy) is 1. The summed E-state index contributed by atoms with van der Waals surface area (Å²) in [6.45, 7) is 4.36. The quantitative estimate of drug-likeness (QED) is 0.617. The number of aliphatic hydroxyl groups excluding tert-OH is 2. The predicted molar refractivity (Wildman–Crippen MR) is 79.5 cm³/mol. The van der Waals surface area contributed by atoms with E-state index in [-0.39, 0.29) is 5.82 Å². The molecule has 0 aromatic carbocycles. The fourth-order valence-corrected chi connectivity index (χ4v) is 2.89. The van der Waals surface area contributed by atoms with Crippen molar-refractivity contribution in [3.63, 3.8) is 0 Å². The molecule has 0 aliphatic carbocycles. The van der Waals surface area contributed by atoms with Crippen molar-refractivity contribution in [2.75, 3.05) is 12.1 Å². The summed E-state index contributed by atoms with van der Waals surface area (Å²) in [5.74, 6) is 0.140. The number of aromatic nitrogens is 3. The van der Waals surface area contributed by atoms with Gasteiger partial charge in [0.2, 0.25) is 0 Å². The van der Waals surface area contributed by atoms with Crippen molar-refractivity contribution in [1.29, 1.82) is 0 Å². The lowest BCUT2D eigenvalue weighted by atomic mass is 9.98. The van der Waals surface area contributed by atoms with Gasteiger partial charge in [0.05, 0.1) is 12.0 Å². The summed E-state index contributed by atoms with van der Waals surface area (Å²) in [4.78, 5) is 8.01. The molecule has 9 heteroatoms. The fraction of sp³-hybridized carbons (Fsp3) is 0.429. The average Bonchev–Trinajstić information content (AvgIpc) is 3.03. The summed E-state index contributed by atoms with van der Waals surface area (Å²) < 4.78 is 21.8. The first-order valence-corrected chi connectivity index (χ1v) is 6.97. The summed E-state index contributed by atoms with van der Waals surface area (Å²) in [7, 11) is 0. The minimum atomic E-state index is -2.14. The van der Waals surface area contributed by atoms with Crippen molar-refractivity contribution in [1.82, 2.24) is 14.5 Å². The molecular formula is C14H17FN4O4. The maximum atomic E-state index is 15.0. The molecule has 3 rings (SSSR count). The Hall–Kier alpha value is -2.07. The van der Waals surface area contributed by atoms with Crippen LogP contribution in [0.2, 0.25) is 0 Å². The lowest BCUT2D eigenvalue weighted by molar-refractivity contribution is -0.0564. The number of anilines is 1. The molecule has 2 aromatic heterocycles. The number of fused-ring (bicyclic) bond motifs is 1. The summed E-state index contributed by atoms with van der Waals surface area (Å²) in [6.07, 6.45) is 0.522. The highest BCUT2D eigenvalue weighted by Gasteiger charge is 2.55. The SMILES string of the molecule is C=Cc1cn([C@@H]2OC(CO)C(O)[C@@]2(C)F)c2ncnc(NO)c12. The van der Waals surface area contributed by atoms with Crippen LogP contribution < -0.4 is 5.48 Å². The second-order valence-corrected chi connectivity index (χ2v) is 5.53. The Kier molecular flexibility index (Phi) is 3.80. The van der Waals surface area contributed by atoms with Crippen LogP contribution in [0.1, 0.15) is 18.7 Å². The van der Waals surface area contributed by atoms with E-state index < -0.39 is 30.7 Å². The number of rotatable bonds is 4. The van der Waals surface area contributed by atoms with Gasteiger partial charge in [-0.1, -0.05) is 12.7 Å². The summed E-state index contributed by atoms with van der Waals surface area (Å²) in [5, 5.41) is 28.9. The van der Waals surface area contributed by atoms with E-state index in [0.29, 0.717) is 16.6 Å². The number of nitrogens with one attached hydrogen (secondary N) is 1. The van der Waals surface area contributed by atoms with E-state index in [2.05, 4.69) is 16.5 Å². The fourth-order valence-electron chi connectivity index (χ4n) is 2.89. The molecule has 0 spiro atoms. The summed E-state index contributed by atoms with van der Waals surface area (Å²) >= 11 is 0. The third-order valence-electron chi connectivity index (χ3n) is 4.11. The molecular weight excluding hydrogens is 307 g/mol. The average molecular weight is 324 g/mol. The van der Waals surface area contributed by atoms with E-state index in [1.807, 2.05) is 5.48 Å². The van der Waals surface area contributed by atoms with Crippen LogP contribution in [0.15, 0.2) is 19.1 Å². The molecule has 2 unspecified atom stereocenters. The van der Waals surface area contributed by atoms with Gasteiger partial charge in [0.25, 0.3) is 0 Å². The summed E-state index contributed by atoms with van der Waals surface area (Å²) in [5.41, 5.74) is 0.670. The number of nitrogens with zero attached hydrogens (tertiary/aromatic N) is 3. The van der Waals surface area contributed by atoms with E-state index in [4.69, 9.17) is 4.74 Å². The Balaban J connectivity index is 2.19. The molecule has 3 heterocycles. The molecule has 23 heavy (non-hydrogen) atoms. The van der Waals surface area contributed by atoms with Gasteiger partial charge >= 0.3 is 0 Å². The van der Waals surface area contributed by atoms with Crippen molar-refractivity contribution < 1.29 is 24.5 Å². The molecule has 1 saturated heterocycles. The molecule has 4 N–H and O–H groups in total. The highest BCUT2D eigenvalue weighted by molar-refractivity contribution is 5.95. The maximum Gasteiger partial charge on any atom is 0.181 e. The smallest absolute Gasteiger partial charge is 0.181 e. The molecule has 8 nitrogen and oxygen atoms in total. The lowest BCUT2D eigenvalue weighted by Crippen LogP contribution is -2.40. The van der Waals surface area contributed by atoms with Gasteiger partial charge in [-0.3, -0.25) is 10.7 Å². The summed E-state index contributed by atoms with van der Waals surface area (Å²) in [6, 6.07) is 0. The van der Waals surface area contributed by atoms with Crippen LogP contribution in [-0.2, 0) is 4.74 Å². The molecule has 0 saturated carbocycles. The highest BCUT2D eigenvalue weighted by atomic mass is 19.1. The van der Waals surface area contributed by atoms with Gasteiger partial charge in [0, 0.05) is 11.8 Å². The van der Waals surface area contributed by atoms with Gasteiger partial charge in [0.15, 0.2) is 17.7 Å². The molecule has 1 aliphatic heterocycles. The van der Waals surface area contributed by atoms with Gasteiger partial charge in [-0.2, -0.15) is 0 Å². The molecule has 0 amide bonds. The van der Waals surface area contributed by atoms with Gasteiger partial charge in [-0.25, -0.2) is 14.4 Å². The minimum Gasteiger partial charge on any atom is -0.394 e. The first-order valence-electron chi connectivity index (χ1n) is 6.97. The zero-order chi connectivity index (χ0) is 16.8. The maximum absolute atomic E-state index is 15.0. The Morgan fingerprint density at radius 3 is 2.87 bits per heavy atom. The molecule has 0 bridgehead atoms. The van der Waals surface area contributed by atoms with Gasteiger partial charge in [-0.15, -0.1) is 0 Å². The van der Waals surface area contributed by atoms with Crippen molar-refractivity contribution in [3.8, 4) is 0 Å². The zero-order valence-corrected chi connectivity index (χ0v) is 12.3. The van der Waals surface area contributed by atoms with E-state index in [1.54, 1.807) is 6.20 Å². The van der Waals surface area contributed by atoms with Gasteiger partial charge in [-0.05, 0) is 6.92 Å². The van der Waals surface area contributed by atoms with E-state index in [0.717, 1.165) is 0 Å².